The molecular formula is C10H17NO4. The number of esters is 1. The van der Waals surface area contributed by atoms with Crippen LogP contribution in [-0.4, -0.2) is 37.2 Å². The number of carboxylic acid groups (broad SMARTS) is 1. The van der Waals surface area contributed by atoms with Gasteiger partial charge in [0.1, 0.15) is 0 Å². The Balaban J connectivity index is 0. The van der Waals surface area contributed by atoms with E-state index in [4.69, 9.17) is 5.11 Å². The lowest BCUT2D eigenvalue weighted by Crippen LogP contribution is -1.98. The predicted molar refractivity (Wildman–Crippen MR) is 57.5 cm³/mol. The number of carbonyl (C=O) groups excluding carboxylic acids is 1. The highest BCUT2D eigenvalue weighted by atomic mass is 16.5. The van der Waals surface area contributed by atoms with Crippen molar-refractivity contribution in [2.45, 2.75) is 6.92 Å². The third-order valence-corrected chi connectivity index (χ3v) is 0.958. The summed E-state index contributed by atoms with van der Waals surface area (Å²) in [4.78, 5) is 19.4. The monoisotopic (exact) mass is 215 g/mol. The van der Waals surface area contributed by atoms with E-state index in [9.17, 15) is 9.59 Å². The Morgan fingerprint density at radius 3 is 1.80 bits per heavy atom. The van der Waals surface area contributed by atoms with Crippen molar-refractivity contribution in [3.05, 3.63) is 24.8 Å². The Morgan fingerprint density at radius 2 is 1.80 bits per heavy atom. The van der Waals surface area contributed by atoms with Crippen molar-refractivity contribution >= 4 is 11.9 Å². The van der Waals surface area contributed by atoms with Crippen LogP contribution >= 0.6 is 0 Å². The molecule has 0 aliphatic carbocycles. The number of hydrogen-bond acceptors (Lipinski definition) is 4. The summed E-state index contributed by atoms with van der Waals surface area (Å²) >= 11 is 0. The first-order valence-corrected chi connectivity index (χ1v) is 4.25. The van der Waals surface area contributed by atoms with E-state index in [1.54, 1.807) is 6.92 Å². The number of nitrogens with one attached hydrogen (secondary N) is 1. The van der Waals surface area contributed by atoms with Gasteiger partial charge in [0.05, 0.1) is 7.11 Å². The number of rotatable bonds is 2. The molecule has 0 saturated carbocycles. The largest absolute Gasteiger partial charge is 0.478 e. The van der Waals surface area contributed by atoms with Crippen molar-refractivity contribution < 1.29 is 19.4 Å². The van der Waals surface area contributed by atoms with Gasteiger partial charge in [0.15, 0.2) is 0 Å². The summed E-state index contributed by atoms with van der Waals surface area (Å²) in [7, 11) is 1.33. The Labute approximate surface area is 89.4 Å². The summed E-state index contributed by atoms with van der Waals surface area (Å²) in [6, 6.07) is 0. The molecule has 0 amide bonds. The molecule has 0 aromatic heterocycles. The molecule has 5 nitrogen and oxygen atoms in total. The smallest absolute Gasteiger partial charge is 0.332 e. The molecule has 0 radical (unpaired) electrons. The van der Waals surface area contributed by atoms with Gasteiger partial charge in [-0.25, -0.2) is 9.59 Å². The molecule has 5 heteroatoms. The van der Waals surface area contributed by atoms with Gasteiger partial charge in [0.2, 0.25) is 0 Å². The van der Waals surface area contributed by atoms with Crippen molar-refractivity contribution in [2.75, 3.05) is 20.2 Å². The van der Waals surface area contributed by atoms with Crippen molar-refractivity contribution in [1.29, 1.82) is 0 Å². The van der Waals surface area contributed by atoms with Crippen LogP contribution in [0.15, 0.2) is 24.8 Å². The van der Waals surface area contributed by atoms with Crippen LogP contribution < -0.4 is 5.32 Å². The van der Waals surface area contributed by atoms with Crippen LogP contribution in [0.5, 0.6) is 0 Å². The molecule has 0 aromatic rings. The zero-order valence-electron chi connectivity index (χ0n) is 9.08. The molecule has 1 aliphatic heterocycles. The predicted octanol–water partition coefficient (Wildman–Crippen LogP) is 0.582. The molecule has 0 aromatic carbocycles. The lowest BCUT2D eigenvalue weighted by Gasteiger charge is -1.91. The molecule has 2 N–H and O–H groups in total. The van der Waals surface area contributed by atoms with Crippen LogP contribution in [0.1, 0.15) is 6.92 Å². The normalized spacial score (nSPS) is 10.5. The van der Waals surface area contributed by atoms with E-state index in [2.05, 4.69) is 23.2 Å². The van der Waals surface area contributed by atoms with Crippen molar-refractivity contribution in [2.24, 2.45) is 0 Å². The van der Waals surface area contributed by atoms with E-state index in [0.717, 1.165) is 6.08 Å². The molecule has 86 valence electrons. The Bertz CT molecular complexity index is 231. The van der Waals surface area contributed by atoms with E-state index in [1.165, 1.54) is 20.2 Å². The van der Waals surface area contributed by atoms with Crippen LogP contribution in [-0.2, 0) is 14.3 Å². The number of carbonyl (C=O) groups is 2. The average molecular weight is 215 g/mol. The topological polar surface area (TPSA) is 85.5 Å². The van der Waals surface area contributed by atoms with Gasteiger partial charge in [-0.1, -0.05) is 13.2 Å². The first kappa shape index (κ1) is 15.8. The summed E-state index contributed by atoms with van der Waals surface area (Å²) in [5.74, 6) is -1.33. The van der Waals surface area contributed by atoms with Crippen LogP contribution in [0.3, 0.4) is 0 Å². The lowest BCUT2D eigenvalue weighted by atomic mass is 10.4. The first-order valence-electron chi connectivity index (χ1n) is 4.25. The van der Waals surface area contributed by atoms with Gasteiger partial charge in [-0.15, -0.1) is 0 Å². The van der Waals surface area contributed by atoms with Crippen molar-refractivity contribution in [3.8, 4) is 0 Å². The second-order valence-corrected chi connectivity index (χ2v) is 2.56. The minimum atomic E-state index is -0.981. The molecule has 1 aliphatic rings. The fourth-order valence-electron chi connectivity index (χ4n) is 0.174. The maximum absolute atomic E-state index is 10.2. The molecule has 0 unspecified atom stereocenters. The minimum absolute atomic E-state index is 0.347. The summed E-state index contributed by atoms with van der Waals surface area (Å²) in [6.45, 7) is 10.4. The zero-order chi connectivity index (χ0) is 12.3. The quantitative estimate of drug-likeness (QED) is 0.400. The summed E-state index contributed by atoms with van der Waals surface area (Å²) in [5, 5.41) is 10.6. The van der Waals surface area contributed by atoms with Crippen molar-refractivity contribution in [3.63, 3.8) is 0 Å². The molecule has 1 fully saturated rings. The summed E-state index contributed by atoms with van der Waals surface area (Å²) in [6.07, 6.45) is 0.833. The van der Waals surface area contributed by atoms with E-state index >= 15 is 0 Å². The Kier molecular flexibility index (Phi) is 11.0. The number of ether oxygens (including phenoxy) is 1. The van der Waals surface area contributed by atoms with Crippen LogP contribution in [0, 0.1) is 0 Å². The van der Waals surface area contributed by atoms with Gasteiger partial charge in [-0.05, 0) is 6.92 Å². The fourth-order valence-corrected chi connectivity index (χ4v) is 0.174. The van der Waals surface area contributed by atoms with E-state index in [0.29, 0.717) is 5.57 Å². The molecule has 1 rings (SSSR count). The maximum Gasteiger partial charge on any atom is 0.332 e. The maximum atomic E-state index is 10.2. The highest BCUT2D eigenvalue weighted by Gasteiger charge is 1.95. The minimum Gasteiger partial charge on any atom is -0.478 e. The standard InChI is InChI=1S/C5H8O2.C3H4O2.C2H5N/c1-4(2)5(6)7-3;1-2-3(4)5;1-2-3-1/h1H2,2-3H3;2H,1H2,(H,4,5);3H,1-2H2. The molecule has 0 spiro atoms. The van der Waals surface area contributed by atoms with Crippen molar-refractivity contribution in [1.82, 2.24) is 5.32 Å². The molecule has 0 bridgehead atoms. The molecule has 0 atom stereocenters. The summed E-state index contributed by atoms with van der Waals surface area (Å²) in [5.41, 5.74) is 0.433. The number of hydrogen-bond donors (Lipinski definition) is 2. The molecule has 15 heavy (non-hydrogen) atoms. The highest BCUT2D eigenvalue weighted by molar-refractivity contribution is 5.86. The first-order chi connectivity index (χ1) is 6.95. The third-order valence-electron chi connectivity index (χ3n) is 0.958. The van der Waals surface area contributed by atoms with E-state index < -0.39 is 5.97 Å². The molecular weight excluding hydrogens is 198 g/mol. The van der Waals surface area contributed by atoms with Crippen LogP contribution in [0.2, 0.25) is 0 Å². The van der Waals surface area contributed by atoms with Crippen LogP contribution in [0.4, 0.5) is 0 Å². The third kappa shape index (κ3) is 24.5. The second-order valence-electron chi connectivity index (χ2n) is 2.56. The molecule has 1 heterocycles. The number of methoxy groups -OCH3 is 1. The van der Waals surface area contributed by atoms with Gasteiger partial charge in [0, 0.05) is 24.7 Å². The second kappa shape index (κ2) is 10.5. The Morgan fingerprint density at radius 1 is 1.47 bits per heavy atom. The number of carboxylic acids is 1. The lowest BCUT2D eigenvalue weighted by molar-refractivity contribution is -0.136. The van der Waals surface area contributed by atoms with E-state index in [-0.39, 0.29) is 5.97 Å². The van der Waals surface area contributed by atoms with Gasteiger partial charge in [-0.2, -0.15) is 0 Å². The summed E-state index contributed by atoms with van der Waals surface area (Å²) < 4.78 is 4.27. The number of aliphatic carboxylic acids is 1. The van der Waals surface area contributed by atoms with Gasteiger partial charge in [0.25, 0.3) is 0 Å². The van der Waals surface area contributed by atoms with E-state index in [1.807, 2.05) is 0 Å². The van der Waals surface area contributed by atoms with Gasteiger partial charge >= 0.3 is 11.9 Å². The fraction of sp³-hybridized carbons (Fsp3) is 0.400. The van der Waals surface area contributed by atoms with Crippen LogP contribution in [0.25, 0.3) is 0 Å². The van der Waals surface area contributed by atoms with Gasteiger partial charge < -0.3 is 15.2 Å². The van der Waals surface area contributed by atoms with Gasteiger partial charge in [-0.3, -0.25) is 0 Å². The highest BCUT2D eigenvalue weighted by Crippen LogP contribution is 1.87. The zero-order valence-corrected chi connectivity index (χ0v) is 9.08. The Hall–Kier alpha value is -1.62. The molecule has 1 saturated heterocycles. The SMILES string of the molecule is C1CN1.C=C(C)C(=O)OC.C=CC(=O)O. The average Bonchev–Trinajstić information content (AvgIpc) is 3.04.